The van der Waals surface area contributed by atoms with Crippen LogP contribution in [0, 0.1) is 5.82 Å². The first-order valence-corrected chi connectivity index (χ1v) is 5.10. The molecule has 0 spiro atoms. The third-order valence-corrected chi connectivity index (χ3v) is 2.53. The Morgan fingerprint density at radius 3 is 2.47 bits per heavy atom. The molecule has 91 valence electrons. The standard InChI is InChI=1S/C10H11BClFNO3/c1-10(2,15)6-3-5(9(12)14-17)8(13)4-7(6)11-16/h3-4,15-17H,1-2H3. The third kappa shape index (κ3) is 2.97. The highest BCUT2D eigenvalue weighted by Crippen LogP contribution is 2.21. The molecule has 1 radical (unpaired) electrons. The monoisotopic (exact) mass is 258 g/mol. The van der Waals surface area contributed by atoms with Gasteiger partial charge in [0.1, 0.15) is 5.82 Å². The van der Waals surface area contributed by atoms with E-state index in [9.17, 15) is 9.50 Å². The lowest BCUT2D eigenvalue weighted by molar-refractivity contribution is 0.0795. The van der Waals surface area contributed by atoms with Gasteiger partial charge in [0.05, 0.1) is 11.2 Å². The molecule has 0 fully saturated rings. The Morgan fingerprint density at radius 2 is 2.06 bits per heavy atom. The van der Waals surface area contributed by atoms with Gasteiger partial charge in [-0.25, -0.2) is 4.39 Å². The SMILES string of the molecule is CC(C)(O)c1cc(C(Cl)=NO)c(F)cc1[B]O. The van der Waals surface area contributed by atoms with Crippen LogP contribution in [0.15, 0.2) is 17.3 Å². The van der Waals surface area contributed by atoms with Gasteiger partial charge in [-0.05, 0) is 37.0 Å². The zero-order valence-corrected chi connectivity index (χ0v) is 10.0. The minimum absolute atomic E-state index is 0.126. The molecule has 0 heterocycles. The quantitative estimate of drug-likeness (QED) is 0.323. The van der Waals surface area contributed by atoms with Crippen molar-refractivity contribution in [3.63, 3.8) is 0 Å². The van der Waals surface area contributed by atoms with Crippen LogP contribution in [0.1, 0.15) is 25.0 Å². The number of oxime groups is 1. The van der Waals surface area contributed by atoms with Crippen LogP contribution in [0.2, 0.25) is 0 Å². The molecule has 3 N–H and O–H groups in total. The van der Waals surface area contributed by atoms with E-state index < -0.39 is 16.6 Å². The lowest BCUT2D eigenvalue weighted by atomic mass is 9.78. The second-order valence-electron chi connectivity index (χ2n) is 4.00. The van der Waals surface area contributed by atoms with Crippen molar-refractivity contribution in [1.29, 1.82) is 0 Å². The smallest absolute Gasteiger partial charge is 0.327 e. The first-order valence-electron chi connectivity index (χ1n) is 4.73. The average Bonchev–Trinajstić information content (AvgIpc) is 2.25. The summed E-state index contributed by atoms with van der Waals surface area (Å²) in [5, 5.41) is 29.6. The van der Waals surface area contributed by atoms with Gasteiger partial charge in [0.15, 0.2) is 5.17 Å². The Kier molecular flexibility index (Phi) is 4.14. The summed E-state index contributed by atoms with van der Waals surface area (Å²) in [6.45, 7) is 2.95. The summed E-state index contributed by atoms with van der Waals surface area (Å²) < 4.78 is 13.6. The van der Waals surface area contributed by atoms with Crippen molar-refractivity contribution in [2.24, 2.45) is 5.16 Å². The van der Waals surface area contributed by atoms with Gasteiger partial charge < -0.3 is 15.3 Å². The zero-order valence-electron chi connectivity index (χ0n) is 9.28. The van der Waals surface area contributed by atoms with Gasteiger partial charge in [-0.2, -0.15) is 0 Å². The molecule has 0 aliphatic rings. The molecule has 0 aliphatic carbocycles. The fraction of sp³-hybridized carbons (Fsp3) is 0.300. The summed E-state index contributed by atoms with van der Waals surface area (Å²) in [6.07, 6.45) is 0. The minimum Gasteiger partial charge on any atom is -0.450 e. The molecule has 4 nitrogen and oxygen atoms in total. The maximum Gasteiger partial charge on any atom is 0.327 e. The van der Waals surface area contributed by atoms with E-state index in [4.69, 9.17) is 21.8 Å². The van der Waals surface area contributed by atoms with Crippen LogP contribution in [-0.4, -0.2) is 28.0 Å². The molecule has 7 heteroatoms. The molecule has 0 bridgehead atoms. The number of aliphatic hydroxyl groups is 1. The fourth-order valence-corrected chi connectivity index (χ4v) is 1.58. The van der Waals surface area contributed by atoms with Crippen LogP contribution >= 0.6 is 11.6 Å². The number of benzene rings is 1. The van der Waals surface area contributed by atoms with E-state index in [2.05, 4.69) is 5.16 Å². The van der Waals surface area contributed by atoms with Gasteiger partial charge in [-0.1, -0.05) is 16.8 Å². The van der Waals surface area contributed by atoms with Gasteiger partial charge in [-0.15, -0.1) is 0 Å². The topological polar surface area (TPSA) is 73.1 Å². The van der Waals surface area contributed by atoms with Gasteiger partial charge in [-0.3, -0.25) is 0 Å². The van der Waals surface area contributed by atoms with E-state index in [1.54, 1.807) is 0 Å². The molecule has 0 aliphatic heterocycles. The molecular formula is C10H11BClFNO3. The lowest BCUT2D eigenvalue weighted by Gasteiger charge is -2.22. The largest absolute Gasteiger partial charge is 0.450 e. The number of halogens is 2. The highest BCUT2D eigenvalue weighted by atomic mass is 35.5. The van der Waals surface area contributed by atoms with E-state index in [1.807, 2.05) is 0 Å². The molecule has 17 heavy (non-hydrogen) atoms. The van der Waals surface area contributed by atoms with Crippen molar-refractivity contribution in [2.45, 2.75) is 19.4 Å². The van der Waals surface area contributed by atoms with Crippen LogP contribution in [-0.2, 0) is 5.60 Å². The summed E-state index contributed by atoms with van der Waals surface area (Å²) in [7, 11) is 0.685. The predicted molar refractivity (Wildman–Crippen MR) is 63.4 cm³/mol. The number of hydrogen-bond donors (Lipinski definition) is 3. The molecule has 1 rings (SSSR count). The maximum absolute atomic E-state index is 13.6. The van der Waals surface area contributed by atoms with Crippen LogP contribution in [0.25, 0.3) is 0 Å². The highest BCUT2D eigenvalue weighted by Gasteiger charge is 2.23. The molecule has 1 aromatic carbocycles. The predicted octanol–water partition coefficient (Wildman–Crippen LogP) is 0.664. The van der Waals surface area contributed by atoms with Gasteiger partial charge in [0, 0.05) is 0 Å². The first kappa shape index (κ1) is 14.0. The Morgan fingerprint density at radius 1 is 1.47 bits per heavy atom. The summed E-state index contributed by atoms with van der Waals surface area (Å²) in [5.41, 5.74) is -1.07. The van der Waals surface area contributed by atoms with Crippen molar-refractivity contribution in [3.8, 4) is 0 Å². The normalized spacial score (nSPS) is 12.7. The van der Waals surface area contributed by atoms with Crippen LogP contribution in [0.3, 0.4) is 0 Å². The van der Waals surface area contributed by atoms with Crippen molar-refractivity contribution in [3.05, 3.63) is 29.1 Å². The average molecular weight is 258 g/mol. The summed E-state index contributed by atoms with van der Waals surface area (Å²) in [4.78, 5) is 0. The molecule has 1 aromatic rings. The number of hydrogen-bond acceptors (Lipinski definition) is 4. The van der Waals surface area contributed by atoms with Crippen LogP contribution in [0.5, 0.6) is 0 Å². The number of nitrogens with zero attached hydrogens (tertiary/aromatic N) is 1. The van der Waals surface area contributed by atoms with Gasteiger partial charge in [0.25, 0.3) is 0 Å². The summed E-state index contributed by atoms with van der Waals surface area (Å²) >= 11 is 5.52. The molecule has 0 aromatic heterocycles. The summed E-state index contributed by atoms with van der Waals surface area (Å²) in [5.74, 6) is -0.763. The second kappa shape index (κ2) is 5.04. The molecule has 0 unspecified atom stereocenters. The second-order valence-corrected chi connectivity index (χ2v) is 4.36. The van der Waals surface area contributed by atoms with Crippen LogP contribution < -0.4 is 5.46 Å². The van der Waals surface area contributed by atoms with Crippen molar-refractivity contribution < 1.29 is 19.7 Å². The van der Waals surface area contributed by atoms with E-state index in [1.165, 1.54) is 19.9 Å². The Hall–Kier alpha value is -1.11. The van der Waals surface area contributed by atoms with Crippen molar-refractivity contribution >= 4 is 29.7 Å². The lowest BCUT2D eigenvalue weighted by Crippen LogP contribution is -2.30. The molecule has 0 atom stereocenters. The summed E-state index contributed by atoms with van der Waals surface area (Å²) in [6, 6.07) is 2.22. The van der Waals surface area contributed by atoms with Crippen LogP contribution in [0.4, 0.5) is 4.39 Å². The molecule has 0 saturated carbocycles. The molecular weight excluding hydrogens is 247 g/mol. The maximum atomic E-state index is 13.6. The van der Waals surface area contributed by atoms with Crippen molar-refractivity contribution in [2.75, 3.05) is 0 Å². The molecule has 0 amide bonds. The van der Waals surface area contributed by atoms with Crippen molar-refractivity contribution in [1.82, 2.24) is 0 Å². The molecule has 0 saturated heterocycles. The van der Waals surface area contributed by atoms with E-state index in [-0.39, 0.29) is 16.6 Å². The first-order chi connectivity index (χ1) is 7.81. The van der Waals surface area contributed by atoms with E-state index >= 15 is 0 Å². The zero-order chi connectivity index (χ0) is 13.2. The number of rotatable bonds is 3. The Labute approximate surface area is 104 Å². The minimum atomic E-state index is -1.30. The highest BCUT2D eigenvalue weighted by molar-refractivity contribution is 6.69. The fourth-order valence-electron chi connectivity index (χ4n) is 1.44. The Balaban J connectivity index is 3.49. The van der Waals surface area contributed by atoms with Gasteiger partial charge in [0.2, 0.25) is 0 Å². The third-order valence-electron chi connectivity index (χ3n) is 2.25. The Bertz CT molecular complexity index is 460. The van der Waals surface area contributed by atoms with Gasteiger partial charge >= 0.3 is 7.48 Å². The van der Waals surface area contributed by atoms with E-state index in [0.717, 1.165) is 6.07 Å². The van der Waals surface area contributed by atoms with E-state index in [0.29, 0.717) is 7.48 Å².